The smallest absolute Gasteiger partial charge is 0.336 e. The Labute approximate surface area is 172 Å². The SMILES string of the molecule is CCc1cc2c(CSc3nnc(C)n3-c3ccccc3C)cc(=O)oc2cc1O. The number of aromatic nitrogens is 3. The molecule has 2 heterocycles. The molecule has 0 fully saturated rings. The van der Waals surface area contributed by atoms with Crippen LogP contribution in [-0.4, -0.2) is 19.9 Å². The zero-order valence-electron chi connectivity index (χ0n) is 16.5. The lowest BCUT2D eigenvalue weighted by molar-refractivity contribution is 0.466. The lowest BCUT2D eigenvalue weighted by Gasteiger charge is -2.12. The Morgan fingerprint density at radius 1 is 1.10 bits per heavy atom. The summed E-state index contributed by atoms with van der Waals surface area (Å²) in [5, 5.41) is 20.3. The molecule has 0 bridgehead atoms. The van der Waals surface area contributed by atoms with Crippen LogP contribution in [0, 0.1) is 13.8 Å². The van der Waals surface area contributed by atoms with Crippen LogP contribution in [0.25, 0.3) is 16.7 Å². The summed E-state index contributed by atoms with van der Waals surface area (Å²) in [7, 11) is 0. The van der Waals surface area contributed by atoms with Gasteiger partial charge in [0.15, 0.2) is 5.16 Å². The molecule has 0 saturated carbocycles. The molecule has 2 aromatic heterocycles. The van der Waals surface area contributed by atoms with Crippen LogP contribution < -0.4 is 5.63 Å². The van der Waals surface area contributed by atoms with Crippen LogP contribution in [0.1, 0.15) is 29.4 Å². The lowest BCUT2D eigenvalue weighted by atomic mass is 10.1. The third-order valence-corrected chi connectivity index (χ3v) is 5.90. The van der Waals surface area contributed by atoms with E-state index in [1.54, 1.807) is 0 Å². The van der Waals surface area contributed by atoms with E-state index in [-0.39, 0.29) is 5.75 Å². The zero-order chi connectivity index (χ0) is 20.5. The fraction of sp³-hybridized carbons (Fsp3) is 0.227. The van der Waals surface area contributed by atoms with Gasteiger partial charge in [-0.05, 0) is 49.1 Å². The summed E-state index contributed by atoms with van der Waals surface area (Å²) < 4.78 is 7.31. The van der Waals surface area contributed by atoms with Crippen molar-refractivity contribution in [3.05, 3.63) is 75.4 Å². The maximum absolute atomic E-state index is 12.0. The number of aromatic hydroxyl groups is 1. The molecule has 29 heavy (non-hydrogen) atoms. The molecule has 0 saturated heterocycles. The van der Waals surface area contributed by atoms with Crippen molar-refractivity contribution in [2.24, 2.45) is 0 Å². The molecule has 0 spiro atoms. The van der Waals surface area contributed by atoms with Crippen molar-refractivity contribution >= 4 is 22.7 Å². The average molecular weight is 407 g/mol. The van der Waals surface area contributed by atoms with Crippen molar-refractivity contribution in [3.63, 3.8) is 0 Å². The predicted molar refractivity (Wildman–Crippen MR) is 114 cm³/mol. The second-order valence-electron chi connectivity index (χ2n) is 6.86. The first kappa shape index (κ1) is 19.3. The van der Waals surface area contributed by atoms with Gasteiger partial charge in [0, 0.05) is 23.3 Å². The summed E-state index contributed by atoms with van der Waals surface area (Å²) in [4.78, 5) is 12.0. The highest BCUT2D eigenvalue weighted by Crippen LogP contribution is 2.31. The van der Waals surface area contributed by atoms with E-state index in [1.807, 2.05) is 42.7 Å². The number of fused-ring (bicyclic) bond motifs is 1. The third kappa shape index (κ3) is 3.65. The van der Waals surface area contributed by atoms with E-state index in [2.05, 4.69) is 23.2 Å². The number of hydrogen-bond acceptors (Lipinski definition) is 6. The Balaban J connectivity index is 1.73. The second kappa shape index (κ2) is 7.75. The van der Waals surface area contributed by atoms with Gasteiger partial charge in [-0.15, -0.1) is 10.2 Å². The fourth-order valence-electron chi connectivity index (χ4n) is 3.38. The molecule has 4 aromatic rings. The first-order valence-electron chi connectivity index (χ1n) is 9.37. The largest absolute Gasteiger partial charge is 0.508 e. The first-order valence-corrected chi connectivity index (χ1v) is 10.4. The van der Waals surface area contributed by atoms with Gasteiger partial charge >= 0.3 is 5.63 Å². The Morgan fingerprint density at radius 3 is 2.66 bits per heavy atom. The number of thioether (sulfide) groups is 1. The van der Waals surface area contributed by atoms with Crippen LogP contribution in [0.5, 0.6) is 5.75 Å². The van der Waals surface area contributed by atoms with Crippen molar-refractivity contribution in [2.75, 3.05) is 0 Å². The third-order valence-electron chi connectivity index (χ3n) is 4.92. The van der Waals surface area contributed by atoms with Gasteiger partial charge in [0.1, 0.15) is 17.2 Å². The zero-order valence-corrected chi connectivity index (χ0v) is 17.3. The van der Waals surface area contributed by atoms with Gasteiger partial charge in [-0.1, -0.05) is 36.9 Å². The normalized spacial score (nSPS) is 11.3. The number of benzene rings is 2. The summed E-state index contributed by atoms with van der Waals surface area (Å²) in [5.41, 5.74) is 3.77. The molecule has 0 aliphatic rings. The number of nitrogens with zero attached hydrogens (tertiary/aromatic N) is 3. The average Bonchev–Trinajstić information content (AvgIpc) is 3.06. The van der Waals surface area contributed by atoms with E-state index in [1.165, 1.54) is 23.9 Å². The van der Waals surface area contributed by atoms with Crippen molar-refractivity contribution in [3.8, 4) is 11.4 Å². The highest BCUT2D eigenvalue weighted by atomic mass is 32.2. The summed E-state index contributed by atoms with van der Waals surface area (Å²) in [6.45, 7) is 5.95. The van der Waals surface area contributed by atoms with E-state index < -0.39 is 5.63 Å². The van der Waals surface area contributed by atoms with Crippen LogP contribution in [0.15, 0.2) is 56.8 Å². The van der Waals surface area contributed by atoms with E-state index in [0.29, 0.717) is 17.8 Å². The predicted octanol–water partition coefficient (Wildman–Crippen LogP) is 4.55. The first-order chi connectivity index (χ1) is 14.0. The highest BCUT2D eigenvalue weighted by Gasteiger charge is 2.15. The summed E-state index contributed by atoms with van der Waals surface area (Å²) in [6, 6.07) is 13.0. The van der Waals surface area contributed by atoms with Crippen LogP contribution in [0.4, 0.5) is 0 Å². The van der Waals surface area contributed by atoms with E-state index in [9.17, 15) is 9.90 Å². The van der Waals surface area contributed by atoms with Gasteiger partial charge in [0.05, 0.1) is 5.69 Å². The highest BCUT2D eigenvalue weighted by molar-refractivity contribution is 7.98. The van der Waals surface area contributed by atoms with Gasteiger partial charge in [-0.25, -0.2) is 4.79 Å². The fourth-order valence-corrected chi connectivity index (χ4v) is 4.36. The minimum absolute atomic E-state index is 0.142. The molecule has 6 nitrogen and oxygen atoms in total. The van der Waals surface area contributed by atoms with Gasteiger partial charge in [-0.3, -0.25) is 4.57 Å². The van der Waals surface area contributed by atoms with Crippen molar-refractivity contribution < 1.29 is 9.52 Å². The maximum Gasteiger partial charge on any atom is 0.336 e. The number of aryl methyl sites for hydroxylation is 3. The standard InChI is InChI=1S/C22H21N3O3S/c1-4-15-9-17-16(10-21(27)28-20(17)11-19(15)26)12-29-22-24-23-14(3)25(22)18-8-6-5-7-13(18)2/h5-11,26H,4,12H2,1-3H3. The molecule has 0 unspecified atom stereocenters. The number of rotatable bonds is 5. The number of hydrogen-bond donors (Lipinski definition) is 1. The van der Waals surface area contributed by atoms with Crippen molar-refractivity contribution in [1.29, 1.82) is 0 Å². The molecule has 0 radical (unpaired) electrons. The molecule has 148 valence electrons. The van der Waals surface area contributed by atoms with E-state index >= 15 is 0 Å². The molecule has 0 aliphatic carbocycles. The summed E-state index contributed by atoms with van der Waals surface area (Å²) in [5.74, 6) is 1.47. The molecule has 1 N–H and O–H groups in total. The summed E-state index contributed by atoms with van der Waals surface area (Å²) in [6.07, 6.45) is 0.689. The number of phenols is 1. The molecule has 0 aliphatic heterocycles. The van der Waals surface area contributed by atoms with Gasteiger partial charge < -0.3 is 9.52 Å². The van der Waals surface area contributed by atoms with Crippen LogP contribution in [0.3, 0.4) is 0 Å². The lowest BCUT2D eigenvalue weighted by Crippen LogP contribution is -2.03. The van der Waals surface area contributed by atoms with E-state index in [0.717, 1.165) is 38.7 Å². The summed E-state index contributed by atoms with van der Waals surface area (Å²) >= 11 is 1.51. The van der Waals surface area contributed by atoms with Crippen LogP contribution >= 0.6 is 11.8 Å². The number of phenolic OH excluding ortho intramolecular Hbond substituents is 1. The topological polar surface area (TPSA) is 81.2 Å². The number of para-hydroxylation sites is 1. The van der Waals surface area contributed by atoms with Crippen molar-refractivity contribution in [1.82, 2.24) is 14.8 Å². The van der Waals surface area contributed by atoms with Gasteiger partial charge in [0.2, 0.25) is 0 Å². The molecular formula is C22H21N3O3S. The molecule has 0 amide bonds. The van der Waals surface area contributed by atoms with Crippen LogP contribution in [-0.2, 0) is 12.2 Å². The Bertz CT molecular complexity index is 1260. The van der Waals surface area contributed by atoms with Gasteiger partial charge in [-0.2, -0.15) is 0 Å². The maximum atomic E-state index is 12.0. The Morgan fingerprint density at radius 2 is 1.90 bits per heavy atom. The van der Waals surface area contributed by atoms with Gasteiger partial charge in [0.25, 0.3) is 0 Å². The molecule has 0 atom stereocenters. The Hall–Kier alpha value is -3.06. The molecular weight excluding hydrogens is 386 g/mol. The monoisotopic (exact) mass is 407 g/mol. The molecule has 7 heteroatoms. The Kier molecular flexibility index (Phi) is 5.15. The minimum atomic E-state index is -0.437. The minimum Gasteiger partial charge on any atom is -0.508 e. The van der Waals surface area contributed by atoms with Crippen LogP contribution in [0.2, 0.25) is 0 Å². The second-order valence-corrected chi connectivity index (χ2v) is 7.80. The molecule has 2 aromatic carbocycles. The quantitative estimate of drug-likeness (QED) is 0.386. The van der Waals surface area contributed by atoms with E-state index in [4.69, 9.17) is 4.42 Å². The van der Waals surface area contributed by atoms with Crippen molar-refractivity contribution in [2.45, 2.75) is 38.1 Å². The molecule has 4 rings (SSSR count).